The van der Waals surface area contributed by atoms with Crippen molar-refractivity contribution in [3.05, 3.63) is 131 Å². The van der Waals surface area contributed by atoms with E-state index in [2.05, 4.69) is 32.7 Å². The Morgan fingerprint density at radius 3 is 1.69 bits per heavy atom. The zero-order valence-corrected chi connectivity index (χ0v) is 22.8. The summed E-state index contributed by atoms with van der Waals surface area (Å²) in [6.45, 7) is 17.8. The van der Waals surface area contributed by atoms with E-state index in [-0.39, 0.29) is 11.8 Å². The van der Waals surface area contributed by atoms with E-state index in [0.29, 0.717) is 28.2 Å². The van der Waals surface area contributed by atoms with Gasteiger partial charge in [0.2, 0.25) is 0 Å². The van der Waals surface area contributed by atoms with Gasteiger partial charge in [0.1, 0.15) is 11.5 Å². The summed E-state index contributed by atoms with van der Waals surface area (Å²) in [6, 6.07) is 17.8. The molecule has 0 aromatic heterocycles. The van der Waals surface area contributed by atoms with E-state index < -0.39 is 11.9 Å². The van der Waals surface area contributed by atoms with Gasteiger partial charge in [0.05, 0.1) is 11.1 Å². The molecule has 1 aliphatic carbocycles. The molecule has 2 atom stereocenters. The molecule has 0 unspecified atom stereocenters. The van der Waals surface area contributed by atoms with Crippen LogP contribution >= 0.6 is 0 Å². The molecule has 0 aliphatic heterocycles. The van der Waals surface area contributed by atoms with Crippen LogP contribution < -0.4 is 9.47 Å². The summed E-state index contributed by atoms with van der Waals surface area (Å²) in [5.41, 5.74) is 6.38. The van der Waals surface area contributed by atoms with Gasteiger partial charge >= 0.3 is 11.9 Å². The van der Waals surface area contributed by atoms with E-state index in [1.54, 1.807) is 36.4 Å². The summed E-state index contributed by atoms with van der Waals surface area (Å²) in [7, 11) is 0. The molecule has 0 heterocycles. The quantitative estimate of drug-likeness (QED) is 0.170. The zero-order chi connectivity index (χ0) is 28.1. The molecule has 4 rings (SSSR count). The van der Waals surface area contributed by atoms with Crippen LogP contribution in [-0.2, 0) is 0 Å². The molecular weight excluding hydrogens is 484 g/mol. The highest BCUT2D eigenvalue weighted by molar-refractivity contribution is 5.93. The van der Waals surface area contributed by atoms with E-state index >= 15 is 0 Å². The van der Waals surface area contributed by atoms with Crippen molar-refractivity contribution in [1.29, 1.82) is 0 Å². The molecule has 0 bridgehead atoms. The van der Waals surface area contributed by atoms with Gasteiger partial charge < -0.3 is 9.47 Å². The van der Waals surface area contributed by atoms with Crippen molar-refractivity contribution < 1.29 is 19.1 Å². The summed E-state index contributed by atoms with van der Waals surface area (Å²) in [5, 5.41) is 0. The lowest BCUT2D eigenvalue weighted by molar-refractivity contribution is 0.0728. The fourth-order valence-electron chi connectivity index (χ4n) is 4.96. The second kappa shape index (κ2) is 12.0. The van der Waals surface area contributed by atoms with E-state index in [4.69, 9.17) is 9.47 Å². The highest BCUT2D eigenvalue weighted by Crippen LogP contribution is 2.47. The summed E-state index contributed by atoms with van der Waals surface area (Å²) in [4.78, 5) is 26.5. The predicted molar refractivity (Wildman–Crippen MR) is 158 cm³/mol. The van der Waals surface area contributed by atoms with Gasteiger partial charge in [-0.2, -0.15) is 0 Å². The number of carbonyl (C=O) groups excluding carboxylic acids is 2. The van der Waals surface area contributed by atoms with Gasteiger partial charge in [-0.3, -0.25) is 0 Å². The smallest absolute Gasteiger partial charge is 0.343 e. The Balaban J connectivity index is 1.80. The minimum Gasteiger partial charge on any atom is -0.422 e. The van der Waals surface area contributed by atoms with Gasteiger partial charge in [-0.15, -0.1) is 0 Å². The summed E-state index contributed by atoms with van der Waals surface area (Å²) in [5.74, 6) is -0.297. The molecule has 1 aliphatic rings. The average molecular weight is 519 g/mol. The first-order valence-electron chi connectivity index (χ1n) is 13.1. The first-order chi connectivity index (χ1) is 18.7. The van der Waals surface area contributed by atoms with E-state index in [9.17, 15) is 9.59 Å². The van der Waals surface area contributed by atoms with E-state index in [0.717, 1.165) is 35.1 Å². The van der Waals surface area contributed by atoms with Gasteiger partial charge in [-0.1, -0.05) is 73.4 Å². The fourth-order valence-corrected chi connectivity index (χ4v) is 4.96. The summed E-state index contributed by atoms with van der Waals surface area (Å²) < 4.78 is 12.1. The number of carbonyl (C=O) groups is 2. The Kier molecular flexibility index (Phi) is 8.46. The van der Waals surface area contributed by atoms with Crippen LogP contribution in [0.3, 0.4) is 0 Å². The van der Waals surface area contributed by atoms with Crippen LogP contribution in [0.25, 0.3) is 12.2 Å². The van der Waals surface area contributed by atoms with Gasteiger partial charge in [-0.05, 0) is 92.6 Å². The molecule has 3 aromatic rings. The molecular formula is C35H34O4. The third kappa shape index (κ3) is 6.35. The summed E-state index contributed by atoms with van der Waals surface area (Å²) >= 11 is 0. The maximum absolute atomic E-state index is 13.3. The average Bonchev–Trinajstić information content (AvgIpc) is 2.92. The minimum atomic E-state index is -0.488. The number of aryl methyl sites for hydroxylation is 1. The van der Waals surface area contributed by atoms with Crippen LogP contribution in [0.4, 0.5) is 0 Å². The monoisotopic (exact) mass is 518 g/mol. The molecule has 0 saturated carbocycles. The number of hydrogen-bond donors (Lipinski definition) is 0. The van der Waals surface area contributed by atoms with Crippen LogP contribution in [-0.4, -0.2) is 11.9 Å². The van der Waals surface area contributed by atoms with E-state index in [1.807, 2.05) is 50.2 Å². The third-order valence-corrected chi connectivity index (χ3v) is 7.13. The molecule has 0 saturated heterocycles. The maximum Gasteiger partial charge on any atom is 0.343 e. The van der Waals surface area contributed by atoms with E-state index in [1.165, 1.54) is 5.57 Å². The van der Waals surface area contributed by atoms with Crippen molar-refractivity contribution in [2.45, 2.75) is 39.5 Å². The van der Waals surface area contributed by atoms with Gasteiger partial charge in [0.25, 0.3) is 0 Å². The first kappa shape index (κ1) is 27.6. The Morgan fingerprint density at radius 2 is 1.28 bits per heavy atom. The number of hydrogen-bond acceptors (Lipinski definition) is 4. The topological polar surface area (TPSA) is 52.6 Å². The molecule has 39 heavy (non-hydrogen) atoms. The standard InChI is InChI=1S/C35H34O4/c1-7-25-10-14-27(15-11-25)34(36)38-31-20-24(6)21-32(39-35(37)28-16-12-26(8-2)13-17-28)33(31)30-19-23(5)9-18-29(30)22(3)4/h7-8,10-17,19-21,29-30H,1-3,9,18H2,4-6H3/t29-,30+/m0/s1. The molecule has 4 nitrogen and oxygen atoms in total. The Morgan fingerprint density at radius 1 is 0.821 bits per heavy atom. The van der Waals surface area contributed by atoms with Gasteiger partial charge in [-0.25, -0.2) is 9.59 Å². The Labute approximate surface area is 231 Å². The van der Waals surface area contributed by atoms with Crippen LogP contribution in [0.2, 0.25) is 0 Å². The molecule has 0 radical (unpaired) electrons. The number of ether oxygens (including phenoxy) is 2. The van der Waals surface area contributed by atoms with Crippen LogP contribution in [0.15, 0.2) is 97.6 Å². The number of allylic oxidation sites excluding steroid dienone is 3. The molecule has 0 spiro atoms. The second-order valence-corrected chi connectivity index (χ2v) is 10.1. The fraction of sp³-hybridized carbons (Fsp3) is 0.200. The zero-order valence-electron chi connectivity index (χ0n) is 22.8. The lowest BCUT2D eigenvalue weighted by Crippen LogP contribution is -2.21. The second-order valence-electron chi connectivity index (χ2n) is 10.1. The Hall–Kier alpha value is -4.44. The molecule has 0 fully saturated rings. The summed E-state index contributed by atoms with van der Waals surface area (Å²) in [6.07, 6.45) is 7.47. The predicted octanol–water partition coefficient (Wildman–Crippen LogP) is 8.74. The maximum atomic E-state index is 13.3. The van der Waals surface area contributed by atoms with Crippen molar-refractivity contribution in [3.8, 4) is 11.5 Å². The minimum absolute atomic E-state index is 0.102. The number of rotatable bonds is 8. The lowest BCUT2D eigenvalue weighted by atomic mass is 9.73. The first-order valence-corrected chi connectivity index (χ1v) is 13.1. The SMILES string of the molecule is C=Cc1ccc(C(=O)Oc2cc(C)cc(OC(=O)c3ccc(C=C)cc3)c2[C@@H]2C=C(C)CC[C@H]2C(=C)C)cc1. The highest BCUT2D eigenvalue weighted by Gasteiger charge is 2.32. The van der Waals surface area contributed by atoms with Gasteiger partial charge in [0, 0.05) is 11.5 Å². The van der Waals surface area contributed by atoms with Crippen LogP contribution in [0.5, 0.6) is 11.5 Å². The van der Waals surface area contributed by atoms with Crippen molar-refractivity contribution >= 4 is 24.1 Å². The third-order valence-electron chi connectivity index (χ3n) is 7.13. The molecule has 0 amide bonds. The molecule has 3 aromatic carbocycles. The van der Waals surface area contributed by atoms with Crippen molar-refractivity contribution in [3.63, 3.8) is 0 Å². The van der Waals surface area contributed by atoms with Crippen LogP contribution in [0.1, 0.15) is 75.6 Å². The molecule has 0 N–H and O–H groups in total. The van der Waals surface area contributed by atoms with Crippen molar-refractivity contribution in [2.75, 3.05) is 0 Å². The molecule has 198 valence electrons. The molecule has 4 heteroatoms. The van der Waals surface area contributed by atoms with Gasteiger partial charge in [0.15, 0.2) is 0 Å². The highest BCUT2D eigenvalue weighted by atomic mass is 16.5. The largest absolute Gasteiger partial charge is 0.422 e. The van der Waals surface area contributed by atoms with Crippen molar-refractivity contribution in [2.24, 2.45) is 5.92 Å². The Bertz CT molecular complexity index is 1370. The lowest BCUT2D eigenvalue weighted by Gasteiger charge is -2.32. The number of benzene rings is 3. The number of esters is 2. The van der Waals surface area contributed by atoms with Crippen molar-refractivity contribution in [1.82, 2.24) is 0 Å². The van der Waals surface area contributed by atoms with Crippen LogP contribution in [0, 0.1) is 12.8 Å². The normalized spacial score (nSPS) is 16.5.